The van der Waals surface area contributed by atoms with E-state index in [-0.39, 0.29) is 36.5 Å². The second kappa shape index (κ2) is 7.76. The third-order valence-electron chi connectivity index (χ3n) is 3.42. The van der Waals surface area contributed by atoms with E-state index in [2.05, 4.69) is 5.32 Å². The van der Waals surface area contributed by atoms with E-state index in [0.29, 0.717) is 17.5 Å². The number of nitrogens with two attached hydrogens (primary N) is 1. The quantitative estimate of drug-likeness (QED) is 0.811. The van der Waals surface area contributed by atoms with Crippen LogP contribution < -0.4 is 11.1 Å². The largest absolute Gasteiger partial charge is 0.370 e. The fourth-order valence-corrected chi connectivity index (χ4v) is 2.00. The molecule has 0 saturated carbocycles. The van der Waals surface area contributed by atoms with Crippen LogP contribution in [0.3, 0.4) is 0 Å². The van der Waals surface area contributed by atoms with E-state index in [1.165, 1.54) is 6.07 Å². The number of hydrogen-bond acceptors (Lipinski definition) is 2. The van der Waals surface area contributed by atoms with E-state index < -0.39 is 5.91 Å². The summed E-state index contributed by atoms with van der Waals surface area (Å²) in [5.74, 6) is -0.996. The van der Waals surface area contributed by atoms with E-state index in [4.69, 9.17) is 5.73 Å². The number of rotatable bonds is 7. The lowest BCUT2D eigenvalue weighted by molar-refractivity contribution is -0.125. The van der Waals surface area contributed by atoms with Crippen molar-refractivity contribution in [3.63, 3.8) is 0 Å². The highest BCUT2D eigenvalue weighted by Crippen LogP contribution is 2.19. The minimum atomic E-state index is -0.416. The van der Waals surface area contributed by atoms with E-state index in [9.17, 15) is 14.0 Å². The van der Waals surface area contributed by atoms with Crippen molar-refractivity contribution in [2.45, 2.75) is 46.1 Å². The minimum Gasteiger partial charge on any atom is -0.370 e. The Morgan fingerprint density at radius 1 is 1.29 bits per heavy atom. The lowest BCUT2D eigenvalue weighted by Gasteiger charge is -2.12. The number of amides is 2. The van der Waals surface area contributed by atoms with Crippen LogP contribution in [0, 0.1) is 11.7 Å². The van der Waals surface area contributed by atoms with E-state index >= 15 is 0 Å². The van der Waals surface area contributed by atoms with E-state index in [0.717, 1.165) is 0 Å². The number of halogens is 1. The molecule has 0 fully saturated rings. The smallest absolute Gasteiger partial charge is 0.223 e. The highest BCUT2D eigenvalue weighted by molar-refractivity contribution is 5.79. The van der Waals surface area contributed by atoms with Gasteiger partial charge in [0.1, 0.15) is 5.82 Å². The number of primary amides is 1. The van der Waals surface area contributed by atoms with Gasteiger partial charge in [-0.3, -0.25) is 9.59 Å². The summed E-state index contributed by atoms with van der Waals surface area (Å²) < 4.78 is 13.8. The topological polar surface area (TPSA) is 72.2 Å². The molecular weight excluding hydrogens is 271 g/mol. The van der Waals surface area contributed by atoms with Crippen LogP contribution in [-0.4, -0.2) is 11.8 Å². The third-order valence-corrected chi connectivity index (χ3v) is 3.42. The highest BCUT2D eigenvalue weighted by atomic mass is 19.1. The average Bonchev–Trinajstić information content (AvgIpc) is 2.41. The molecule has 1 rings (SSSR count). The van der Waals surface area contributed by atoms with Gasteiger partial charge in [-0.05, 0) is 29.5 Å². The molecule has 0 heterocycles. The molecule has 1 aromatic carbocycles. The van der Waals surface area contributed by atoms with Gasteiger partial charge >= 0.3 is 0 Å². The summed E-state index contributed by atoms with van der Waals surface area (Å²) in [6.07, 6.45) is 0.605. The van der Waals surface area contributed by atoms with E-state index in [1.54, 1.807) is 13.0 Å². The molecule has 0 aliphatic heterocycles. The number of carbonyl (C=O) groups is 2. The monoisotopic (exact) mass is 294 g/mol. The third kappa shape index (κ3) is 5.53. The Bertz CT molecular complexity index is 515. The molecule has 0 radical (unpaired) electrons. The molecule has 1 atom stereocenters. The zero-order valence-corrected chi connectivity index (χ0v) is 12.8. The van der Waals surface area contributed by atoms with Crippen LogP contribution in [0.5, 0.6) is 0 Å². The average molecular weight is 294 g/mol. The molecule has 0 spiro atoms. The first kappa shape index (κ1) is 17.1. The summed E-state index contributed by atoms with van der Waals surface area (Å²) in [5.41, 5.74) is 6.43. The fourth-order valence-electron chi connectivity index (χ4n) is 2.00. The van der Waals surface area contributed by atoms with Crippen LogP contribution in [0.2, 0.25) is 0 Å². The van der Waals surface area contributed by atoms with Gasteiger partial charge in [0.15, 0.2) is 0 Å². The first-order valence-corrected chi connectivity index (χ1v) is 7.15. The molecule has 0 unspecified atom stereocenters. The lowest BCUT2D eigenvalue weighted by atomic mass is 10.0. The first-order chi connectivity index (χ1) is 9.81. The van der Waals surface area contributed by atoms with Gasteiger partial charge in [0.25, 0.3) is 0 Å². The number of nitrogens with one attached hydrogen (secondary N) is 1. The standard InChI is InChI=1S/C16H23FN2O2/c1-10(2)13-6-5-12(8-14(13)17)9-19-16(21)11(3)4-7-15(18)20/h5-6,8,10-11H,4,7,9H2,1-3H3,(H2,18,20)(H,19,21)/t11-/m0/s1. The van der Waals surface area contributed by atoms with Gasteiger partial charge in [-0.25, -0.2) is 4.39 Å². The number of benzene rings is 1. The van der Waals surface area contributed by atoms with Crippen LogP contribution in [-0.2, 0) is 16.1 Å². The maximum atomic E-state index is 13.8. The molecular formula is C16H23FN2O2. The molecule has 0 saturated heterocycles. The van der Waals surface area contributed by atoms with Crippen molar-refractivity contribution < 1.29 is 14.0 Å². The molecule has 0 aromatic heterocycles. The molecule has 21 heavy (non-hydrogen) atoms. The van der Waals surface area contributed by atoms with Crippen molar-refractivity contribution in [1.82, 2.24) is 5.32 Å². The van der Waals surface area contributed by atoms with Crippen molar-refractivity contribution >= 4 is 11.8 Å². The minimum absolute atomic E-state index is 0.127. The molecule has 0 bridgehead atoms. The summed E-state index contributed by atoms with van der Waals surface area (Å²) in [7, 11) is 0. The summed E-state index contributed by atoms with van der Waals surface area (Å²) in [6, 6.07) is 5.01. The SMILES string of the molecule is CC(C)c1ccc(CNC(=O)[C@@H](C)CCC(N)=O)cc1F. The summed E-state index contributed by atoms with van der Waals surface area (Å²) in [5, 5.41) is 2.74. The number of hydrogen-bond donors (Lipinski definition) is 2. The van der Waals surface area contributed by atoms with Crippen molar-refractivity contribution in [2.24, 2.45) is 11.7 Å². The second-order valence-corrected chi connectivity index (χ2v) is 5.63. The molecule has 1 aromatic rings. The Balaban J connectivity index is 2.53. The van der Waals surface area contributed by atoms with Crippen LogP contribution in [0.15, 0.2) is 18.2 Å². The van der Waals surface area contributed by atoms with Gasteiger partial charge in [-0.15, -0.1) is 0 Å². The molecule has 5 heteroatoms. The highest BCUT2D eigenvalue weighted by Gasteiger charge is 2.14. The fraction of sp³-hybridized carbons (Fsp3) is 0.500. The Hall–Kier alpha value is -1.91. The molecule has 2 amide bonds. The molecule has 3 N–H and O–H groups in total. The summed E-state index contributed by atoms with van der Waals surface area (Å²) in [6.45, 7) is 5.87. The Kier molecular flexibility index (Phi) is 6.34. The van der Waals surface area contributed by atoms with Crippen molar-refractivity contribution in [3.05, 3.63) is 35.1 Å². The number of carbonyl (C=O) groups excluding carboxylic acids is 2. The zero-order valence-electron chi connectivity index (χ0n) is 12.8. The van der Waals surface area contributed by atoms with Crippen LogP contribution in [0.4, 0.5) is 4.39 Å². The molecule has 0 aliphatic carbocycles. The molecule has 0 aliphatic rings. The van der Waals surface area contributed by atoms with Crippen molar-refractivity contribution in [2.75, 3.05) is 0 Å². The summed E-state index contributed by atoms with van der Waals surface area (Å²) in [4.78, 5) is 22.5. The molecule has 116 valence electrons. The maximum absolute atomic E-state index is 13.8. The van der Waals surface area contributed by atoms with Gasteiger partial charge < -0.3 is 11.1 Å². The Morgan fingerprint density at radius 3 is 2.48 bits per heavy atom. The predicted octanol–water partition coefficient (Wildman–Crippen LogP) is 2.47. The normalized spacial score (nSPS) is 12.2. The zero-order chi connectivity index (χ0) is 16.0. The first-order valence-electron chi connectivity index (χ1n) is 7.15. The van der Waals surface area contributed by atoms with Crippen LogP contribution >= 0.6 is 0 Å². The van der Waals surface area contributed by atoms with Gasteiger partial charge in [0, 0.05) is 18.9 Å². The Morgan fingerprint density at radius 2 is 1.95 bits per heavy atom. The lowest BCUT2D eigenvalue weighted by Crippen LogP contribution is -2.29. The molecule has 4 nitrogen and oxygen atoms in total. The summed E-state index contributed by atoms with van der Waals surface area (Å²) >= 11 is 0. The van der Waals surface area contributed by atoms with Crippen LogP contribution in [0.1, 0.15) is 50.7 Å². The van der Waals surface area contributed by atoms with Gasteiger partial charge in [0.2, 0.25) is 11.8 Å². The van der Waals surface area contributed by atoms with Crippen molar-refractivity contribution in [1.29, 1.82) is 0 Å². The van der Waals surface area contributed by atoms with E-state index in [1.807, 2.05) is 19.9 Å². The predicted molar refractivity (Wildman–Crippen MR) is 79.9 cm³/mol. The second-order valence-electron chi connectivity index (χ2n) is 5.63. The maximum Gasteiger partial charge on any atom is 0.223 e. The van der Waals surface area contributed by atoms with Gasteiger partial charge in [0.05, 0.1) is 0 Å². The van der Waals surface area contributed by atoms with Crippen molar-refractivity contribution in [3.8, 4) is 0 Å². The van der Waals surface area contributed by atoms with Gasteiger partial charge in [-0.2, -0.15) is 0 Å². The Labute approximate surface area is 124 Å². The van der Waals surface area contributed by atoms with Gasteiger partial charge in [-0.1, -0.05) is 32.9 Å². The van der Waals surface area contributed by atoms with Crippen LogP contribution in [0.25, 0.3) is 0 Å².